The number of unbranched alkanes of at least 4 members (excludes halogenated alkanes) is 3. The summed E-state index contributed by atoms with van der Waals surface area (Å²) in [6, 6.07) is 16.7. The van der Waals surface area contributed by atoms with Crippen LogP contribution >= 0.6 is 23.2 Å². The van der Waals surface area contributed by atoms with Crippen molar-refractivity contribution in [3.05, 3.63) is 69.7 Å². The molecule has 1 N–H and O–H groups in total. The van der Waals surface area contributed by atoms with E-state index in [4.69, 9.17) is 23.2 Å². The van der Waals surface area contributed by atoms with Crippen molar-refractivity contribution < 1.29 is 0 Å². The number of rotatable bonds is 12. The molecule has 0 aliphatic carbocycles. The Morgan fingerprint density at radius 1 is 1.00 bits per heavy atom. The Morgan fingerprint density at radius 2 is 1.81 bits per heavy atom. The molecule has 2 aromatic rings. The third kappa shape index (κ3) is 8.47. The molecular formula is C23H30Cl2N2. The lowest BCUT2D eigenvalue weighted by molar-refractivity contribution is 0.554. The molecule has 27 heavy (non-hydrogen) atoms. The summed E-state index contributed by atoms with van der Waals surface area (Å²) in [6.07, 6.45) is 8.92. The largest absolute Gasteiger partial charge is 0.309 e. The van der Waals surface area contributed by atoms with E-state index < -0.39 is 0 Å². The van der Waals surface area contributed by atoms with Crippen LogP contribution in [0.1, 0.15) is 56.2 Å². The minimum Gasteiger partial charge on any atom is -0.309 e. The quantitative estimate of drug-likeness (QED) is 0.301. The van der Waals surface area contributed by atoms with E-state index in [2.05, 4.69) is 53.8 Å². The second-order valence-corrected chi connectivity index (χ2v) is 7.62. The molecule has 1 unspecified atom stereocenters. The number of benzene rings is 2. The molecule has 2 nitrogen and oxygen atoms in total. The van der Waals surface area contributed by atoms with Gasteiger partial charge >= 0.3 is 0 Å². The molecule has 146 valence electrons. The van der Waals surface area contributed by atoms with Crippen LogP contribution in [0.2, 0.25) is 10.0 Å². The molecule has 0 radical (unpaired) electrons. The molecule has 0 bridgehead atoms. The minimum atomic E-state index is 0.272. The third-order valence-corrected chi connectivity index (χ3v) is 5.34. The Morgan fingerprint density at radius 3 is 2.56 bits per heavy atom. The molecule has 0 aliphatic rings. The van der Waals surface area contributed by atoms with E-state index in [1.807, 2.05) is 18.2 Å². The Labute approximate surface area is 174 Å². The summed E-state index contributed by atoms with van der Waals surface area (Å²) in [6.45, 7) is 4.05. The molecule has 0 amide bonds. The first kappa shape index (κ1) is 21.9. The maximum Gasteiger partial charge on any atom is 0.0595 e. The molecular weight excluding hydrogens is 375 g/mol. The normalized spacial score (nSPS) is 12.6. The van der Waals surface area contributed by atoms with Gasteiger partial charge in [0.25, 0.3) is 0 Å². The van der Waals surface area contributed by atoms with Crippen LogP contribution in [-0.2, 0) is 6.42 Å². The summed E-state index contributed by atoms with van der Waals surface area (Å²) in [5, 5.41) is 4.88. The van der Waals surface area contributed by atoms with Crippen molar-refractivity contribution in [2.24, 2.45) is 4.99 Å². The van der Waals surface area contributed by atoms with Crippen molar-refractivity contribution in [2.45, 2.75) is 51.5 Å². The summed E-state index contributed by atoms with van der Waals surface area (Å²) in [4.78, 5) is 4.60. The van der Waals surface area contributed by atoms with Gasteiger partial charge in [-0.15, -0.1) is 0 Å². The van der Waals surface area contributed by atoms with Crippen LogP contribution in [0.5, 0.6) is 0 Å². The molecule has 1 atom stereocenters. The summed E-state index contributed by atoms with van der Waals surface area (Å²) in [5.41, 5.74) is 2.48. The van der Waals surface area contributed by atoms with Gasteiger partial charge in [0.2, 0.25) is 0 Å². The fourth-order valence-electron chi connectivity index (χ4n) is 3.01. The lowest BCUT2D eigenvalue weighted by Crippen LogP contribution is -2.24. The van der Waals surface area contributed by atoms with Gasteiger partial charge in [-0.25, -0.2) is 0 Å². The summed E-state index contributed by atoms with van der Waals surface area (Å²) < 4.78 is 0. The van der Waals surface area contributed by atoms with E-state index in [1.165, 1.54) is 36.8 Å². The minimum absolute atomic E-state index is 0.272. The average Bonchev–Trinajstić information content (AvgIpc) is 2.69. The third-order valence-electron chi connectivity index (χ3n) is 4.60. The van der Waals surface area contributed by atoms with Gasteiger partial charge in [-0.2, -0.15) is 0 Å². The topological polar surface area (TPSA) is 24.4 Å². The maximum absolute atomic E-state index is 6.11. The Hall–Kier alpha value is -1.35. The first-order valence-electron chi connectivity index (χ1n) is 9.91. The first-order valence-corrected chi connectivity index (χ1v) is 10.7. The highest BCUT2D eigenvalue weighted by Crippen LogP contribution is 2.23. The van der Waals surface area contributed by atoms with E-state index >= 15 is 0 Å². The van der Waals surface area contributed by atoms with Crippen LogP contribution in [0.3, 0.4) is 0 Å². The monoisotopic (exact) mass is 404 g/mol. The summed E-state index contributed by atoms with van der Waals surface area (Å²) in [5.74, 6) is 0. The van der Waals surface area contributed by atoms with Gasteiger partial charge in [0, 0.05) is 25.2 Å². The van der Waals surface area contributed by atoms with Crippen molar-refractivity contribution in [1.82, 2.24) is 5.32 Å². The van der Waals surface area contributed by atoms with Gasteiger partial charge in [0.15, 0.2) is 0 Å². The van der Waals surface area contributed by atoms with Crippen LogP contribution in [0.15, 0.2) is 53.5 Å². The zero-order valence-electron chi connectivity index (χ0n) is 16.1. The standard InChI is InChI=1S/C23H30Cl2N2/c1-2-3-4-8-15-26-16-14-23(20-9-6-5-7-10-20)27-17-13-19-11-12-21(24)22(25)18-19/h5-7,9-12,16,18,23,27H,2-4,8,13-15,17H2,1H3. The smallest absolute Gasteiger partial charge is 0.0595 e. The highest BCUT2D eigenvalue weighted by Gasteiger charge is 2.09. The van der Waals surface area contributed by atoms with E-state index in [0.717, 1.165) is 25.9 Å². The molecule has 0 fully saturated rings. The van der Waals surface area contributed by atoms with Gasteiger partial charge in [-0.3, -0.25) is 4.99 Å². The van der Waals surface area contributed by atoms with Crippen molar-refractivity contribution in [1.29, 1.82) is 0 Å². The van der Waals surface area contributed by atoms with Crippen molar-refractivity contribution >= 4 is 29.4 Å². The van der Waals surface area contributed by atoms with Crippen LogP contribution in [0, 0.1) is 0 Å². The van der Waals surface area contributed by atoms with Crippen molar-refractivity contribution in [3.63, 3.8) is 0 Å². The molecule has 0 aromatic heterocycles. The van der Waals surface area contributed by atoms with E-state index in [9.17, 15) is 0 Å². The van der Waals surface area contributed by atoms with Gasteiger partial charge in [-0.1, -0.05) is 85.8 Å². The predicted molar refractivity (Wildman–Crippen MR) is 119 cm³/mol. The molecule has 4 heteroatoms. The van der Waals surface area contributed by atoms with Crippen molar-refractivity contribution in [3.8, 4) is 0 Å². The molecule has 2 aromatic carbocycles. The second-order valence-electron chi connectivity index (χ2n) is 6.80. The number of aliphatic imine (C=N–C) groups is 1. The summed E-state index contributed by atoms with van der Waals surface area (Å²) >= 11 is 12.1. The lowest BCUT2D eigenvalue weighted by Gasteiger charge is -2.17. The Kier molecular flexibility index (Phi) is 10.5. The van der Waals surface area contributed by atoms with Crippen LogP contribution in [-0.4, -0.2) is 19.3 Å². The van der Waals surface area contributed by atoms with Gasteiger partial charge in [0.05, 0.1) is 10.0 Å². The number of hydrogen-bond donors (Lipinski definition) is 1. The van der Waals surface area contributed by atoms with Crippen LogP contribution in [0.4, 0.5) is 0 Å². The molecule has 2 rings (SSSR count). The molecule has 0 saturated heterocycles. The highest BCUT2D eigenvalue weighted by molar-refractivity contribution is 6.42. The SMILES string of the molecule is CCCCCCN=CCC(NCCc1ccc(Cl)c(Cl)c1)c1ccccc1. The van der Waals surface area contributed by atoms with Gasteiger partial charge in [0.1, 0.15) is 0 Å². The van der Waals surface area contributed by atoms with E-state index in [-0.39, 0.29) is 6.04 Å². The maximum atomic E-state index is 6.11. The number of halogens is 2. The predicted octanol–water partition coefficient (Wildman–Crippen LogP) is 6.91. The molecule has 0 heterocycles. The number of hydrogen-bond acceptors (Lipinski definition) is 2. The lowest BCUT2D eigenvalue weighted by atomic mass is 10.0. The molecule has 0 spiro atoms. The summed E-state index contributed by atoms with van der Waals surface area (Å²) in [7, 11) is 0. The average molecular weight is 405 g/mol. The van der Waals surface area contributed by atoms with Gasteiger partial charge in [-0.05, 0) is 42.6 Å². The fraction of sp³-hybridized carbons (Fsp3) is 0.435. The van der Waals surface area contributed by atoms with E-state index in [0.29, 0.717) is 10.0 Å². The van der Waals surface area contributed by atoms with E-state index in [1.54, 1.807) is 0 Å². The zero-order valence-corrected chi connectivity index (χ0v) is 17.6. The fourth-order valence-corrected chi connectivity index (χ4v) is 3.33. The molecule has 0 aliphatic heterocycles. The number of nitrogens with one attached hydrogen (secondary N) is 1. The zero-order chi connectivity index (χ0) is 19.3. The Balaban J connectivity index is 1.85. The first-order chi connectivity index (χ1) is 13.2. The molecule has 0 saturated carbocycles. The second kappa shape index (κ2) is 12.9. The van der Waals surface area contributed by atoms with Crippen LogP contribution in [0.25, 0.3) is 0 Å². The highest BCUT2D eigenvalue weighted by atomic mass is 35.5. The van der Waals surface area contributed by atoms with Crippen molar-refractivity contribution in [2.75, 3.05) is 13.1 Å². The number of nitrogens with zero attached hydrogens (tertiary/aromatic N) is 1. The van der Waals surface area contributed by atoms with Gasteiger partial charge < -0.3 is 5.32 Å². The van der Waals surface area contributed by atoms with Crippen LogP contribution < -0.4 is 5.32 Å². The Bertz CT molecular complexity index is 686.